The van der Waals surface area contributed by atoms with E-state index in [1.165, 1.54) is 11.1 Å². The summed E-state index contributed by atoms with van der Waals surface area (Å²) >= 11 is 8.05. The minimum Gasteiger partial charge on any atom is -0.361 e. The summed E-state index contributed by atoms with van der Waals surface area (Å²) < 4.78 is 8.86. The highest BCUT2D eigenvalue weighted by atomic mass is 35.5. The number of halogens is 1. The van der Waals surface area contributed by atoms with Crippen LogP contribution in [-0.2, 0) is 26.9 Å². The predicted molar refractivity (Wildman–Crippen MR) is 129 cm³/mol. The van der Waals surface area contributed by atoms with Gasteiger partial charge in [0.25, 0.3) is 0 Å². The molecule has 5 rings (SSSR count). The Bertz CT molecular complexity index is 1280. The Morgan fingerprint density at radius 1 is 1.09 bits per heavy atom. The second-order valence-corrected chi connectivity index (χ2v) is 9.75. The van der Waals surface area contributed by atoms with Gasteiger partial charge < -0.3 is 14.0 Å². The van der Waals surface area contributed by atoms with E-state index in [1.807, 2.05) is 31.7 Å². The molecule has 0 radical (unpaired) electrons. The van der Waals surface area contributed by atoms with Gasteiger partial charge in [0, 0.05) is 51.1 Å². The summed E-state index contributed by atoms with van der Waals surface area (Å²) in [6, 6.07) is 8.66. The lowest BCUT2D eigenvalue weighted by Crippen LogP contribution is -2.28. The second-order valence-electron chi connectivity index (χ2n) is 8.33. The maximum absolute atomic E-state index is 6.33. The first-order valence-corrected chi connectivity index (χ1v) is 12.3. The first-order valence-electron chi connectivity index (χ1n) is 11.0. The normalized spacial score (nSPS) is 14.4. The fourth-order valence-electron chi connectivity index (χ4n) is 4.17. The van der Waals surface area contributed by atoms with Gasteiger partial charge in [-0.1, -0.05) is 40.7 Å². The molecule has 4 heterocycles. The molecule has 1 aliphatic rings. The minimum absolute atomic E-state index is 0.563. The van der Waals surface area contributed by atoms with E-state index in [0.717, 1.165) is 71.8 Å². The Morgan fingerprint density at radius 3 is 2.64 bits per heavy atom. The molecule has 0 saturated carbocycles. The van der Waals surface area contributed by atoms with Crippen molar-refractivity contribution < 1.29 is 4.52 Å². The van der Waals surface area contributed by atoms with Crippen molar-refractivity contribution in [1.82, 2.24) is 34.6 Å². The van der Waals surface area contributed by atoms with Gasteiger partial charge in [-0.2, -0.15) is 5.10 Å². The largest absolute Gasteiger partial charge is 0.361 e. The molecule has 0 N–H and O–H groups in total. The number of rotatable bonds is 6. The van der Waals surface area contributed by atoms with Crippen molar-refractivity contribution in [3.05, 3.63) is 52.5 Å². The van der Waals surface area contributed by atoms with Crippen LogP contribution in [0.3, 0.4) is 0 Å². The first kappa shape index (κ1) is 22.2. The van der Waals surface area contributed by atoms with Crippen molar-refractivity contribution in [2.45, 2.75) is 24.9 Å². The zero-order valence-electron chi connectivity index (χ0n) is 19.0. The molecule has 0 spiro atoms. The van der Waals surface area contributed by atoms with Crippen molar-refractivity contribution >= 4 is 23.4 Å². The van der Waals surface area contributed by atoms with Crippen molar-refractivity contribution in [3.63, 3.8) is 0 Å². The predicted octanol–water partition coefficient (Wildman–Crippen LogP) is 4.03. The monoisotopic (exact) mass is 483 g/mol. The quantitative estimate of drug-likeness (QED) is 0.383. The molecule has 1 aliphatic heterocycles. The van der Waals surface area contributed by atoms with Gasteiger partial charge >= 0.3 is 0 Å². The van der Waals surface area contributed by atoms with Crippen LogP contribution >= 0.6 is 23.4 Å². The molecule has 3 aromatic heterocycles. The van der Waals surface area contributed by atoms with E-state index in [4.69, 9.17) is 16.1 Å². The maximum atomic E-state index is 6.33. The van der Waals surface area contributed by atoms with Gasteiger partial charge in [-0.3, -0.25) is 4.68 Å². The summed E-state index contributed by atoms with van der Waals surface area (Å²) in [5.74, 6) is 2.52. The number of benzene rings is 1. The second kappa shape index (κ2) is 9.32. The molecule has 0 atom stereocenters. The smallest absolute Gasteiger partial charge is 0.191 e. The van der Waals surface area contributed by atoms with E-state index in [0.29, 0.717) is 5.15 Å². The van der Waals surface area contributed by atoms with Crippen LogP contribution in [0.15, 0.2) is 40.1 Å². The van der Waals surface area contributed by atoms with Gasteiger partial charge in [0.1, 0.15) is 16.6 Å². The van der Waals surface area contributed by atoms with E-state index in [-0.39, 0.29) is 0 Å². The number of hydrogen-bond acceptors (Lipinski definition) is 7. The van der Waals surface area contributed by atoms with E-state index in [9.17, 15) is 0 Å². The third kappa shape index (κ3) is 4.58. The standard InChI is InChI=1S/C23H26ClN7OS/c1-15-12-20(28-32-15)18-5-4-16-6-8-31(9-7-17(16)13-18)10-11-33-23-27-26-22(29(23)2)19-14-25-30(3)21(19)24/h4-5,12-14H,6-11H2,1-3H3. The number of thioether (sulfide) groups is 1. The fourth-order valence-corrected chi connectivity index (χ4v) is 5.26. The van der Waals surface area contributed by atoms with Gasteiger partial charge in [-0.25, -0.2) is 0 Å². The average Bonchev–Trinajstić information content (AvgIpc) is 3.45. The summed E-state index contributed by atoms with van der Waals surface area (Å²) in [5, 5.41) is 18.5. The van der Waals surface area contributed by atoms with Gasteiger partial charge in [-0.15, -0.1) is 10.2 Å². The Labute approximate surface area is 201 Å². The lowest BCUT2D eigenvalue weighted by molar-refractivity contribution is 0.306. The molecule has 0 bridgehead atoms. The zero-order valence-corrected chi connectivity index (χ0v) is 20.5. The molecule has 33 heavy (non-hydrogen) atoms. The molecular weight excluding hydrogens is 458 g/mol. The summed E-state index contributed by atoms with van der Waals surface area (Å²) in [6.45, 7) is 5.03. The summed E-state index contributed by atoms with van der Waals surface area (Å²) in [5.41, 5.74) is 5.67. The van der Waals surface area contributed by atoms with E-state index in [2.05, 4.69) is 43.6 Å². The molecule has 172 valence electrons. The number of hydrogen-bond donors (Lipinski definition) is 0. The Morgan fingerprint density at radius 2 is 1.91 bits per heavy atom. The Kier molecular flexibility index (Phi) is 6.27. The third-order valence-corrected chi connectivity index (χ3v) is 7.55. The SMILES string of the molecule is Cc1cc(-c2ccc3c(c2)CCN(CCSc2nnc(-c4cnn(C)c4Cl)n2C)CC3)no1. The third-order valence-electron chi connectivity index (χ3n) is 6.11. The maximum Gasteiger partial charge on any atom is 0.191 e. The van der Waals surface area contributed by atoms with Crippen LogP contribution in [0.1, 0.15) is 16.9 Å². The summed E-state index contributed by atoms with van der Waals surface area (Å²) in [6.07, 6.45) is 3.83. The van der Waals surface area contributed by atoms with Crippen LogP contribution in [0.25, 0.3) is 22.6 Å². The molecule has 8 nitrogen and oxygen atoms in total. The lowest BCUT2D eigenvalue weighted by Gasteiger charge is -2.19. The molecule has 0 aliphatic carbocycles. The van der Waals surface area contributed by atoms with Crippen LogP contribution in [0.5, 0.6) is 0 Å². The molecule has 1 aromatic carbocycles. The molecule has 0 amide bonds. The minimum atomic E-state index is 0.563. The highest BCUT2D eigenvalue weighted by Gasteiger charge is 2.18. The lowest BCUT2D eigenvalue weighted by atomic mass is 9.99. The molecule has 0 fully saturated rings. The van der Waals surface area contributed by atoms with Crippen LogP contribution in [0.4, 0.5) is 0 Å². The molecule has 10 heteroatoms. The van der Waals surface area contributed by atoms with Crippen molar-refractivity contribution in [2.75, 3.05) is 25.4 Å². The highest BCUT2D eigenvalue weighted by molar-refractivity contribution is 7.99. The van der Waals surface area contributed by atoms with Gasteiger partial charge in [-0.05, 0) is 37.0 Å². The summed E-state index contributed by atoms with van der Waals surface area (Å²) in [7, 11) is 3.78. The fraction of sp³-hybridized carbons (Fsp3) is 0.391. The van der Waals surface area contributed by atoms with Crippen LogP contribution < -0.4 is 0 Å². The molecule has 0 saturated heterocycles. The van der Waals surface area contributed by atoms with Crippen molar-refractivity contribution in [3.8, 4) is 22.6 Å². The molecule has 0 unspecified atom stereocenters. The number of nitrogens with zero attached hydrogens (tertiary/aromatic N) is 7. The van der Waals surface area contributed by atoms with Crippen LogP contribution in [-0.4, -0.2) is 60.0 Å². The number of aromatic nitrogens is 6. The molecular formula is C23H26ClN7OS. The topological polar surface area (TPSA) is 77.8 Å². The van der Waals surface area contributed by atoms with Gasteiger partial charge in [0.05, 0.1) is 11.8 Å². The summed E-state index contributed by atoms with van der Waals surface area (Å²) in [4.78, 5) is 2.53. The zero-order chi connectivity index (χ0) is 22.9. The number of aryl methyl sites for hydroxylation is 2. The number of fused-ring (bicyclic) bond motifs is 1. The van der Waals surface area contributed by atoms with Crippen LogP contribution in [0, 0.1) is 6.92 Å². The van der Waals surface area contributed by atoms with Gasteiger partial charge in [0.2, 0.25) is 0 Å². The van der Waals surface area contributed by atoms with Gasteiger partial charge in [0.15, 0.2) is 11.0 Å². The van der Waals surface area contributed by atoms with Crippen molar-refractivity contribution in [2.24, 2.45) is 14.1 Å². The average molecular weight is 484 g/mol. The van der Waals surface area contributed by atoms with E-state index >= 15 is 0 Å². The van der Waals surface area contributed by atoms with Crippen molar-refractivity contribution in [1.29, 1.82) is 0 Å². The first-order chi connectivity index (χ1) is 16.0. The Hall–Kier alpha value is -2.62. The highest BCUT2D eigenvalue weighted by Crippen LogP contribution is 2.28. The van der Waals surface area contributed by atoms with Crippen LogP contribution in [0.2, 0.25) is 5.15 Å². The van der Waals surface area contributed by atoms with E-state index < -0.39 is 0 Å². The Balaban J connectivity index is 1.18. The van der Waals surface area contributed by atoms with E-state index in [1.54, 1.807) is 22.6 Å². The molecule has 4 aromatic rings.